The molecular formula is C23H36N2O3. The number of rotatable bonds is 9. The van der Waals surface area contributed by atoms with Crippen LogP contribution in [0.2, 0.25) is 0 Å². The maximum atomic E-state index is 13.1. The lowest BCUT2D eigenvalue weighted by Gasteiger charge is -2.45. The van der Waals surface area contributed by atoms with Crippen LogP contribution >= 0.6 is 0 Å². The average Bonchev–Trinajstić information content (AvgIpc) is 2.74. The van der Waals surface area contributed by atoms with E-state index >= 15 is 0 Å². The van der Waals surface area contributed by atoms with Crippen LogP contribution in [0.15, 0.2) is 24.3 Å². The summed E-state index contributed by atoms with van der Waals surface area (Å²) in [5.41, 5.74) is 1.05. The van der Waals surface area contributed by atoms with E-state index in [0.29, 0.717) is 25.0 Å². The van der Waals surface area contributed by atoms with E-state index in [0.717, 1.165) is 30.8 Å². The highest BCUT2D eigenvalue weighted by Gasteiger charge is 2.34. The Morgan fingerprint density at radius 1 is 1.11 bits per heavy atom. The Kier molecular flexibility index (Phi) is 8.16. The summed E-state index contributed by atoms with van der Waals surface area (Å²) in [7, 11) is 3.39. The highest BCUT2D eigenvalue weighted by molar-refractivity contribution is 5.78. The van der Waals surface area contributed by atoms with Crippen LogP contribution in [0.5, 0.6) is 5.75 Å². The quantitative estimate of drug-likeness (QED) is 0.608. The van der Waals surface area contributed by atoms with Gasteiger partial charge in [-0.1, -0.05) is 18.6 Å². The summed E-state index contributed by atoms with van der Waals surface area (Å²) >= 11 is 0. The molecule has 0 aromatic heterocycles. The molecule has 2 saturated heterocycles. The first-order valence-corrected chi connectivity index (χ1v) is 10.8. The number of nitrogens with zero attached hydrogens (tertiary/aromatic N) is 2. The first-order chi connectivity index (χ1) is 13.7. The van der Waals surface area contributed by atoms with Gasteiger partial charge in [0.1, 0.15) is 5.75 Å². The van der Waals surface area contributed by atoms with Crippen molar-refractivity contribution in [1.29, 1.82) is 0 Å². The van der Waals surface area contributed by atoms with Crippen molar-refractivity contribution in [3.05, 3.63) is 29.8 Å². The predicted molar refractivity (Wildman–Crippen MR) is 112 cm³/mol. The molecule has 1 amide bonds. The van der Waals surface area contributed by atoms with E-state index in [4.69, 9.17) is 9.47 Å². The third-order valence-corrected chi connectivity index (χ3v) is 6.33. The lowest BCUT2D eigenvalue weighted by molar-refractivity contribution is -0.132. The van der Waals surface area contributed by atoms with Gasteiger partial charge >= 0.3 is 0 Å². The van der Waals surface area contributed by atoms with Gasteiger partial charge in [-0.05, 0) is 68.8 Å². The highest BCUT2D eigenvalue weighted by Crippen LogP contribution is 2.31. The SMILES string of the molecule is COCCCN(C[C@H]1CCCN2CCCC[C@@H]12)C(=O)Cc1ccc(OC)cc1. The first-order valence-electron chi connectivity index (χ1n) is 10.8. The second-order valence-electron chi connectivity index (χ2n) is 8.21. The molecule has 3 rings (SSSR count). The van der Waals surface area contributed by atoms with Crippen LogP contribution in [0.1, 0.15) is 44.1 Å². The van der Waals surface area contributed by atoms with Crippen molar-refractivity contribution in [2.75, 3.05) is 47.0 Å². The molecule has 0 bridgehead atoms. The van der Waals surface area contributed by atoms with E-state index < -0.39 is 0 Å². The molecule has 5 heteroatoms. The normalized spacial score (nSPS) is 22.5. The van der Waals surface area contributed by atoms with Crippen molar-refractivity contribution in [2.45, 2.75) is 51.0 Å². The fourth-order valence-corrected chi connectivity index (χ4v) is 4.82. The number of methoxy groups -OCH3 is 2. The Hall–Kier alpha value is -1.59. The molecule has 2 heterocycles. The number of ether oxygens (including phenoxy) is 2. The highest BCUT2D eigenvalue weighted by atomic mass is 16.5. The van der Waals surface area contributed by atoms with E-state index in [-0.39, 0.29) is 5.91 Å². The van der Waals surface area contributed by atoms with Crippen LogP contribution in [0, 0.1) is 5.92 Å². The van der Waals surface area contributed by atoms with Crippen molar-refractivity contribution < 1.29 is 14.3 Å². The molecule has 1 aromatic rings. The first kappa shape index (κ1) is 21.1. The van der Waals surface area contributed by atoms with E-state index in [1.807, 2.05) is 24.3 Å². The lowest BCUT2D eigenvalue weighted by Crippen LogP contribution is -2.52. The molecule has 2 atom stereocenters. The van der Waals surface area contributed by atoms with Crippen molar-refractivity contribution in [3.8, 4) is 5.75 Å². The second-order valence-corrected chi connectivity index (χ2v) is 8.21. The zero-order valence-corrected chi connectivity index (χ0v) is 17.6. The Morgan fingerprint density at radius 2 is 1.89 bits per heavy atom. The Balaban J connectivity index is 1.63. The molecule has 28 heavy (non-hydrogen) atoms. The third-order valence-electron chi connectivity index (χ3n) is 6.33. The number of benzene rings is 1. The average molecular weight is 389 g/mol. The molecule has 156 valence electrons. The number of hydrogen-bond donors (Lipinski definition) is 0. The van der Waals surface area contributed by atoms with Crippen molar-refractivity contribution in [1.82, 2.24) is 9.80 Å². The van der Waals surface area contributed by atoms with Crippen molar-refractivity contribution in [2.24, 2.45) is 5.92 Å². The van der Waals surface area contributed by atoms with Gasteiger partial charge in [-0.25, -0.2) is 0 Å². The number of piperidine rings is 2. The summed E-state index contributed by atoms with van der Waals surface area (Å²) in [5, 5.41) is 0. The molecule has 5 nitrogen and oxygen atoms in total. The van der Waals surface area contributed by atoms with Crippen LogP contribution in [-0.4, -0.2) is 68.8 Å². The number of carbonyl (C=O) groups is 1. The molecule has 0 N–H and O–H groups in total. The van der Waals surface area contributed by atoms with Crippen LogP contribution in [0.25, 0.3) is 0 Å². The number of hydrogen-bond acceptors (Lipinski definition) is 4. The smallest absolute Gasteiger partial charge is 0.227 e. The molecule has 0 spiro atoms. The Labute approximate surface area is 170 Å². The summed E-state index contributed by atoms with van der Waals surface area (Å²) in [6.07, 6.45) is 7.82. The fourth-order valence-electron chi connectivity index (χ4n) is 4.82. The van der Waals surface area contributed by atoms with Crippen molar-refractivity contribution in [3.63, 3.8) is 0 Å². The minimum absolute atomic E-state index is 0.231. The minimum Gasteiger partial charge on any atom is -0.497 e. The molecular weight excluding hydrogens is 352 g/mol. The van der Waals surface area contributed by atoms with Gasteiger partial charge in [0.05, 0.1) is 13.5 Å². The summed E-state index contributed by atoms with van der Waals surface area (Å²) in [5.74, 6) is 1.67. The molecule has 2 fully saturated rings. The van der Waals surface area contributed by atoms with Crippen LogP contribution < -0.4 is 4.74 Å². The molecule has 2 aliphatic rings. The lowest BCUT2D eigenvalue weighted by atomic mass is 9.83. The van der Waals surface area contributed by atoms with Crippen LogP contribution in [0.4, 0.5) is 0 Å². The molecule has 0 radical (unpaired) electrons. The topological polar surface area (TPSA) is 42.0 Å². The fraction of sp³-hybridized carbons (Fsp3) is 0.696. The van der Waals surface area contributed by atoms with E-state index in [2.05, 4.69) is 9.80 Å². The standard InChI is InChI=1S/C23H36N2O3/c1-27-16-6-15-25(23(26)17-19-9-11-21(28-2)12-10-19)18-20-7-5-14-24-13-4-3-8-22(20)24/h9-12,20,22H,3-8,13-18H2,1-2H3/t20-,22+/m1/s1. The van der Waals surface area contributed by atoms with Crippen LogP contribution in [0.3, 0.4) is 0 Å². The summed E-state index contributed by atoms with van der Waals surface area (Å²) < 4.78 is 10.5. The minimum atomic E-state index is 0.231. The maximum absolute atomic E-state index is 13.1. The molecule has 0 saturated carbocycles. The Bertz CT molecular complexity index is 602. The zero-order valence-electron chi connectivity index (χ0n) is 17.6. The Morgan fingerprint density at radius 3 is 2.64 bits per heavy atom. The molecule has 1 aromatic carbocycles. The van der Waals surface area contributed by atoms with Gasteiger partial charge in [0.25, 0.3) is 0 Å². The molecule has 0 aliphatic carbocycles. The van der Waals surface area contributed by atoms with Gasteiger partial charge < -0.3 is 19.3 Å². The van der Waals surface area contributed by atoms with Gasteiger partial charge in [-0.15, -0.1) is 0 Å². The predicted octanol–water partition coefficient (Wildman–Crippen LogP) is 3.37. The maximum Gasteiger partial charge on any atom is 0.227 e. The van der Waals surface area contributed by atoms with Gasteiger partial charge in [0.2, 0.25) is 5.91 Å². The number of amides is 1. The number of fused-ring (bicyclic) bond motifs is 1. The monoisotopic (exact) mass is 388 g/mol. The van der Waals surface area contributed by atoms with Gasteiger partial charge in [0, 0.05) is 32.8 Å². The summed E-state index contributed by atoms with van der Waals surface area (Å²) in [6.45, 7) is 4.85. The van der Waals surface area contributed by atoms with E-state index in [1.165, 1.54) is 45.2 Å². The summed E-state index contributed by atoms with van der Waals surface area (Å²) in [6, 6.07) is 8.51. The molecule has 2 aliphatic heterocycles. The molecule has 0 unspecified atom stereocenters. The van der Waals surface area contributed by atoms with Gasteiger partial charge in [-0.3, -0.25) is 4.79 Å². The van der Waals surface area contributed by atoms with Gasteiger partial charge in [-0.2, -0.15) is 0 Å². The largest absolute Gasteiger partial charge is 0.497 e. The van der Waals surface area contributed by atoms with E-state index in [9.17, 15) is 4.79 Å². The van der Waals surface area contributed by atoms with Crippen molar-refractivity contribution >= 4 is 5.91 Å². The summed E-state index contributed by atoms with van der Waals surface area (Å²) in [4.78, 5) is 17.9. The van der Waals surface area contributed by atoms with Gasteiger partial charge in [0.15, 0.2) is 0 Å². The second kappa shape index (κ2) is 10.8. The van der Waals surface area contributed by atoms with Crippen LogP contribution in [-0.2, 0) is 16.0 Å². The third kappa shape index (κ3) is 5.71. The number of carbonyl (C=O) groups excluding carboxylic acids is 1. The zero-order chi connectivity index (χ0) is 19.8. The van der Waals surface area contributed by atoms with E-state index in [1.54, 1.807) is 14.2 Å².